The van der Waals surface area contributed by atoms with Crippen molar-refractivity contribution >= 4 is 34.5 Å². The summed E-state index contributed by atoms with van der Waals surface area (Å²) in [7, 11) is 3.99. The first-order chi connectivity index (χ1) is 17.5. The van der Waals surface area contributed by atoms with Crippen LogP contribution in [0.25, 0.3) is 0 Å². The molecule has 0 radical (unpaired) electrons. The van der Waals surface area contributed by atoms with E-state index in [-0.39, 0.29) is 23.8 Å². The van der Waals surface area contributed by atoms with E-state index >= 15 is 0 Å². The van der Waals surface area contributed by atoms with Gasteiger partial charge in [0.25, 0.3) is 5.91 Å². The van der Waals surface area contributed by atoms with Crippen molar-refractivity contribution in [1.29, 1.82) is 0 Å². The summed E-state index contributed by atoms with van der Waals surface area (Å²) in [5.41, 5.74) is 3.75. The molecule has 0 spiro atoms. The highest BCUT2D eigenvalue weighted by Crippen LogP contribution is 2.29. The Bertz CT molecular complexity index is 1140. The van der Waals surface area contributed by atoms with Gasteiger partial charge in [0.1, 0.15) is 0 Å². The van der Waals surface area contributed by atoms with E-state index in [1.165, 1.54) is 11.3 Å². The molecule has 2 heterocycles. The van der Waals surface area contributed by atoms with Crippen LogP contribution in [0.5, 0.6) is 0 Å². The number of nitrogens with one attached hydrogen (secondary N) is 1. The molecule has 2 aromatic carbocycles. The fourth-order valence-corrected chi connectivity index (χ4v) is 5.38. The van der Waals surface area contributed by atoms with Gasteiger partial charge in [-0.2, -0.15) is 0 Å². The van der Waals surface area contributed by atoms with Crippen molar-refractivity contribution in [3.05, 3.63) is 82.0 Å². The van der Waals surface area contributed by atoms with Gasteiger partial charge in [-0.25, -0.2) is 0 Å². The first-order valence-electron chi connectivity index (χ1n) is 12.6. The lowest BCUT2D eigenvalue weighted by Crippen LogP contribution is -2.40. The number of rotatable bonds is 10. The van der Waals surface area contributed by atoms with Gasteiger partial charge >= 0.3 is 0 Å². The average Bonchev–Trinajstić information content (AvgIpc) is 3.59. The van der Waals surface area contributed by atoms with Gasteiger partial charge in [-0.15, -0.1) is 11.3 Å². The zero-order chi connectivity index (χ0) is 25.5. The first kappa shape index (κ1) is 25.9. The Morgan fingerprint density at radius 1 is 1.11 bits per heavy atom. The Morgan fingerprint density at radius 2 is 1.92 bits per heavy atom. The fraction of sp³-hybridized carbons (Fsp3) is 0.379. The molecular weight excluding hydrogens is 470 g/mol. The number of benzene rings is 2. The number of thiophene rings is 1. The van der Waals surface area contributed by atoms with Crippen molar-refractivity contribution in [3.63, 3.8) is 0 Å². The Balaban J connectivity index is 1.63. The molecule has 1 N–H and O–H groups in total. The van der Waals surface area contributed by atoms with Crippen molar-refractivity contribution in [2.75, 3.05) is 37.5 Å². The van der Waals surface area contributed by atoms with E-state index in [4.69, 9.17) is 4.74 Å². The summed E-state index contributed by atoms with van der Waals surface area (Å²) in [6.07, 6.45) is 2.76. The van der Waals surface area contributed by atoms with Crippen LogP contribution in [0.2, 0.25) is 0 Å². The second-order valence-corrected chi connectivity index (χ2v) is 10.3. The molecule has 1 aliphatic rings. The zero-order valence-corrected chi connectivity index (χ0v) is 22.1. The van der Waals surface area contributed by atoms with Gasteiger partial charge in [0, 0.05) is 45.2 Å². The predicted molar refractivity (Wildman–Crippen MR) is 147 cm³/mol. The van der Waals surface area contributed by atoms with Gasteiger partial charge in [0.15, 0.2) is 0 Å². The second kappa shape index (κ2) is 12.2. The zero-order valence-electron chi connectivity index (χ0n) is 21.3. The highest BCUT2D eigenvalue weighted by Gasteiger charge is 2.29. The summed E-state index contributed by atoms with van der Waals surface area (Å²) in [5.74, 6) is -0.231. The molecule has 7 heteroatoms. The fourth-order valence-electron chi connectivity index (χ4n) is 4.76. The van der Waals surface area contributed by atoms with Gasteiger partial charge in [-0.3, -0.25) is 9.59 Å². The molecule has 4 rings (SSSR count). The first-order valence-corrected chi connectivity index (χ1v) is 13.4. The quantitative estimate of drug-likeness (QED) is 0.380. The Labute approximate surface area is 217 Å². The molecule has 36 heavy (non-hydrogen) atoms. The van der Waals surface area contributed by atoms with Crippen molar-refractivity contribution < 1.29 is 14.3 Å². The van der Waals surface area contributed by atoms with Crippen molar-refractivity contribution in [1.82, 2.24) is 4.90 Å². The number of hydrogen-bond donors (Lipinski definition) is 1. The van der Waals surface area contributed by atoms with Crippen LogP contribution in [0.1, 0.15) is 52.9 Å². The van der Waals surface area contributed by atoms with Crippen LogP contribution in [-0.2, 0) is 16.1 Å². The lowest BCUT2D eigenvalue weighted by atomic mass is 9.94. The summed E-state index contributed by atoms with van der Waals surface area (Å²) in [4.78, 5) is 31.3. The lowest BCUT2D eigenvalue weighted by molar-refractivity contribution is -0.135. The minimum atomic E-state index is -0.211. The van der Waals surface area contributed by atoms with E-state index in [1.807, 2.05) is 89.9 Å². The van der Waals surface area contributed by atoms with Crippen molar-refractivity contribution in [3.8, 4) is 0 Å². The Hall–Kier alpha value is -3.16. The Morgan fingerprint density at radius 3 is 2.56 bits per heavy atom. The summed E-state index contributed by atoms with van der Waals surface area (Å²) >= 11 is 1.41. The normalized spacial score (nSPS) is 15.9. The molecule has 190 valence electrons. The Kier molecular flexibility index (Phi) is 8.78. The van der Waals surface area contributed by atoms with Crippen molar-refractivity contribution in [2.24, 2.45) is 0 Å². The standard InChI is InChI=1S/C29H35N3O3S/c1-4-25(21-10-6-5-7-11-21)29(34)32(20-24-12-8-16-35-24)19-22-18-23(14-15-26(22)31(2)3)30-28(33)27-13-9-17-36-27/h5-7,9-11,13-15,17-18,24-25H,4,8,12,16,19-20H2,1-3H3,(H,30,33)/t24-,25+/m1/s1. The number of carbonyl (C=O) groups excluding carboxylic acids is 2. The third-order valence-electron chi connectivity index (χ3n) is 6.59. The molecule has 2 atom stereocenters. The van der Waals surface area contributed by atoms with Gasteiger partial charge in [-0.05, 0) is 60.0 Å². The van der Waals surface area contributed by atoms with E-state index < -0.39 is 0 Å². The minimum Gasteiger partial charge on any atom is -0.377 e. The maximum atomic E-state index is 14.0. The number of anilines is 2. The molecule has 6 nitrogen and oxygen atoms in total. The number of nitrogens with zero attached hydrogens (tertiary/aromatic N) is 2. The predicted octanol–water partition coefficient (Wildman–Crippen LogP) is 5.77. The molecule has 2 amide bonds. The molecule has 1 saturated heterocycles. The summed E-state index contributed by atoms with van der Waals surface area (Å²) in [6, 6.07) is 19.6. The minimum absolute atomic E-state index is 0.0479. The van der Waals surface area contributed by atoms with Crippen LogP contribution in [0.4, 0.5) is 11.4 Å². The van der Waals surface area contributed by atoms with E-state index in [1.54, 1.807) is 0 Å². The molecule has 1 aliphatic heterocycles. The highest BCUT2D eigenvalue weighted by atomic mass is 32.1. The smallest absolute Gasteiger partial charge is 0.265 e. The van der Waals surface area contributed by atoms with Crippen molar-refractivity contribution in [2.45, 2.75) is 44.8 Å². The number of amides is 2. The molecule has 0 saturated carbocycles. The molecule has 0 aliphatic carbocycles. The van der Waals surface area contributed by atoms with E-state index in [0.29, 0.717) is 23.7 Å². The van der Waals surface area contributed by atoms with E-state index in [9.17, 15) is 9.59 Å². The summed E-state index contributed by atoms with van der Waals surface area (Å²) < 4.78 is 5.93. The molecule has 0 bridgehead atoms. The van der Waals surface area contributed by atoms with Gasteiger partial charge in [0.2, 0.25) is 5.91 Å². The van der Waals surface area contributed by atoms with Crippen LogP contribution in [-0.4, -0.2) is 50.1 Å². The van der Waals surface area contributed by atoms with Gasteiger partial charge in [0.05, 0.1) is 16.9 Å². The molecule has 0 unspecified atom stereocenters. The van der Waals surface area contributed by atoms with Crippen LogP contribution < -0.4 is 10.2 Å². The van der Waals surface area contributed by atoms with Gasteiger partial charge in [-0.1, -0.05) is 43.3 Å². The van der Waals surface area contributed by atoms with E-state index in [2.05, 4.69) is 12.2 Å². The number of ether oxygens (including phenoxy) is 1. The highest BCUT2D eigenvalue weighted by molar-refractivity contribution is 7.12. The van der Waals surface area contributed by atoms with Crippen LogP contribution >= 0.6 is 11.3 Å². The molecule has 1 aromatic heterocycles. The summed E-state index contributed by atoms with van der Waals surface area (Å²) in [6.45, 7) is 3.81. The third kappa shape index (κ3) is 6.33. The van der Waals surface area contributed by atoms with Crippen LogP contribution in [0.15, 0.2) is 66.0 Å². The molecular formula is C29H35N3O3S. The second-order valence-electron chi connectivity index (χ2n) is 9.39. The lowest BCUT2D eigenvalue weighted by Gasteiger charge is -2.31. The van der Waals surface area contributed by atoms with Gasteiger partial charge < -0.3 is 19.9 Å². The largest absolute Gasteiger partial charge is 0.377 e. The SMILES string of the molecule is CC[C@H](C(=O)N(Cc1cc(NC(=O)c2cccs2)ccc1N(C)C)C[C@H]1CCCO1)c1ccccc1. The molecule has 3 aromatic rings. The molecule has 1 fully saturated rings. The third-order valence-corrected chi connectivity index (χ3v) is 7.46. The number of hydrogen-bond acceptors (Lipinski definition) is 5. The van der Waals surface area contributed by atoms with Crippen LogP contribution in [0.3, 0.4) is 0 Å². The monoisotopic (exact) mass is 505 g/mol. The average molecular weight is 506 g/mol. The maximum Gasteiger partial charge on any atom is 0.265 e. The topological polar surface area (TPSA) is 61.9 Å². The van der Waals surface area contributed by atoms with E-state index in [0.717, 1.165) is 42.7 Å². The number of carbonyl (C=O) groups is 2. The summed E-state index contributed by atoms with van der Waals surface area (Å²) in [5, 5.41) is 4.90. The van der Waals surface area contributed by atoms with Crippen LogP contribution in [0, 0.1) is 0 Å². The maximum absolute atomic E-state index is 14.0.